The van der Waals surface area contributed by atoms with Crippen LogP contribution in [0.25, 0.3) is 0 Å². The van der Waals surface area contributed by atoms with Crippen molar-refractivity contribution in [1.29, 1.82) is 0 Å². The SMILES string of the molecule is CC(C)N(C)C(=NC1CCCC1)NN. The lowest BCUT2D eigenvalue weighted by atomic mass is 10.3. The predicted molar refractivity (Wildman–Crippen MR) is 59.9 cm³/mol. The predicted octanol–water partition coefficient (Wildman–Crippen LogP) is 1.09. The molecule has 1 saturated carbocycles. The average Bonchev–Trinajstić information content (AvgIpc) is 2.65. The molecule has 82 valence electrons. The molecule has 0 saturated heterocycles. The number of aliphatic imine (C=N–C) groups is 1. The van der Waals surface area contributed by atoms with Crippen LogP contribution in [0.3, 0.4) is 0 Å². The van der Waals surface area contributed by atoms with Crippen molar-refractivity contribution >= 4 is 5.96 Å². The molecule has 4 nitrogen and oxygen atoms in total. The fourth-order valence-corrected chi connectivity index (χ4v) is 1.68. The lowest BCUT2D eigenvalue weighted by molar-refractivity contribution is 0.398. The molecule has 4 heteroatoms. The summed E-state index contributed by atoms with van der Waals surface area (Å²) in [6, 6.07) is 0.897. The molecule has 0 radical (unpaired) electrons. The first-order chi connectivity index (χ1) is 6.65. The Morgan fingerprint density at radius 2 is 2.00 bits per heavy atom. The van der Waals surface area contributed by atoms with Crippen LogP contribution in [-0.2, 0) is 0 Å². The molecular formula is C10H22N4. The lowest BCUT2D eigenvalue weighted by Gasteiger charge is -2.25. The van der Waals surface area contributed by atoms with Crippen molar-refractivity contribution < 1.29 is 0 Å². The Bertz CT molecular complexity index is 194. The van der Waals surface area contributed by atoms with E-state index in [9.17, 15) is 0 Å². The Morgan fingerprint density at radius 3 is 2.43 bits per heavy atom. The molecule has 14 heavy (non-hydrogen) atoms. The molecule has 0 aromatic rings. The van der Waals surface area contributed by atoms with Crippen LogP contribution in [0, 0.1) is 0 Å². The first-order valence-electron chi connectivity index (χ1n) is 5.42. The fourth-order valence-electron chi connectivity index (χ4n) is 1.68. The molecule has 0 heterocycles. The third-order valence-electron chi connectivity index (χ3n) is 2.87. The van der Waals surface area contributed by atoms with Crippen LogP contribution in [-0.4, -0.2) is 30.0 Å². The highest BCUT2D eigenvalue weighted by atomic mass is 15.4. The van der Waals surface area contributed by atoms with Crippen molar-refractivity contribution in [1.82, 2.24) is 10.3 Å². The van der Waals surface area contributed by atoms with Gasteiger partial charge in [-0.3, -0.25) is 5.43 Å². The second kappa shape index (κ2) is 5.20. The van der Waals surface area contributed by atoms with Gasteiger partial charge in [0.2, 0.25) is 5.96 Å². The third-order valence-corrected chi connectivity index (χ3v) is 2.87. The van der Waals surface area contributed by atoms with Crippen LogP contribution in [0.2, 0.25) is 0 Å². The highest BCUT2D eigenvalue weighted by Crippen LogP contribution is 2.21. The summed E-state index contributed by atoms with van der Waals surface area (Å²) in [6.45, 7) is 4.25. The third kappa shape index (κ3) is 2.87. The van der Waals surface area contributed by atoms with Gasteiger partial charge in [0, 0.05) is 13.1 Å². The number of nitrogens with zero attached hydrogens (tertiary/aromatic N) is 2. The summed E-state index contributed by atoms with van der Waals surface area (Å²) in [5, 5.41) is 0. The monoisotopic (exact) mass is 198 g/mol. The molecule has 0 atom stereocenters. The smallest absolute Gasteiger partial charge is 0.208 e. The standard InChI is InChI=1S/C10H22N4/c1-8(2)14(3)10(13-11)12-9-6-4-5-7-9/h8-9H,4-7,11H2,1-3H3,(H,12,13). The number of hydrogen-bond acceptors (Lipinski definition) is 2. The van der Waals surface area contributed by atoms with Gasteiger partial charge < -0.3 is 4.90 Å². The lowest BCUT2D eigenvalue weighted by Crippen LogP contribution is -2.46. The van der Waals surface area contributed by atoms with Crippen molar-refractivity contribution in [2.75, 3.05) is 7.05 Å². The molecule has 1 aliphatic carbocycles. The minimum Gasteiger partial charge on any atom is -0.343 e. The van der Waals surface area contributed by atoms with Gasteiger partial charge in [0.05, 0.1) is 6.04 Å². The van der Waals surface area contributed by atoms with Crippen molar-refractivity contribution in [3.8, 4) is 0 Å². The van der Waals surface area contributed by atoms with Gasteiger partial charge in [-0.15, -0.1) is 0 Å². The molecule has 0 aromatic carbocycles. The summed E-state index contributed by atoms with van der Waals surface area (Å²) in [5.41, 5.74) is 2.69. The molecule has 1 fully saturated rings. The molecule has 0 aliphatic heterocycles. The van der Waals surface area contributed by atoms with E-state index in [1.54, 1.807) is 0 Å². The fraction of sp³-hybridized carbons (Fsp3) is 0.900. The quantitative estimate of drug-likeness (QED) is 0.302. The zero-order chi connectivity index (χ0) is 10.6. The summed E-state index contributed by atoms with van der Waals surface area (Å²) < 4.78 is 0. The summed E-state index contributed by atoms with van der Waals surface area (Å²) in [6.07, 6.45) is 5.02. The average molecular weight is 198 g/mol. The van der Waals surface area contributed by atoms with Crippen molar-refractivity contribution in [3.63, 3.8) is 0 Å². The van der Waals surface area contributed by atoms with Gasteiger partial charge in [-0.2, -0.15) is 0 Å². The molecular weight excluding hydrogens is 176 g/mol. The summed E-state index contributed by atoms with van der Waals surface area (Å²) in [4.78, 5) is 6.69. The second-order valence-corrected chi connectivity index (χ2v) is 4.24. The molecule has 1 aliphatic rings. The van der Waals surface area contributed by atoms with Gasteiger partial charge in [-0.1, -0.05) is 12.8 Å². The maximum absolute atomic E-state index is 5.47. The number of rotatable bonds is 2. The van der Waals surface area contributed by atoms with Crippen LogP contribution in [0.15, 0.2) is 4.99 Å². The summed E-state index contributed by atoms with van der Waals surface area (Å²) >= 11 is 0. The summed E-state index contributed by atoms with van der Waals surface area (Å²) in [5.74, 6) is 6.28. The van der Waals surface area contributed by atoms with Gasteiger partial charge in [0.15, 0.2) is 0 Å². The highest BCUT2D eigenvalue weighted by molar-refractivity contribution is 5.79. The Labute approximate surface area is 86.5 Å². The topological polar surface area (TPSA) is 53.6 Å². The first-order valence-corrected chi connectivity index (χ1v) is 5.42. The van der Waals surface area contributed by atoms with E-state index in [1.807, 2.05) is 7.05 Å². The number of nitrogens with two attached hydrogens (primary N) is 1. The van der Waals surface area contributed by atoms with Gasteiger partial charge in [0.25, 0.3) is 0 Å². The number of hydrogen-bond donors (Lipinski definition) is 2. The van der Waals surface area contributed by atoms with Crippen LogP contribution in [0.4, 0.5) is 0 Å². The Hall–Kier alpha value is -0.770. The largest absolute Gasteiger partial charge is 0.343 e. The van der Waals surface area contributed by atoms with Gasteiger partial charge in [0.1, 0.15) is 0 Å². The number of nitrogens with one attached hydrogen (secondary N) is 1. The van der Waals surface area contributed by atoms with E-state index < -0.39 is 0 Å². The summed E-state index contributed by atoms with van der Waals surface area (Å²) in [7, 11) is 2.01. The van der Waals surface area contributed by atoms with Crippen molar-refractivity contribution in [3.05, 3.63) is 0 Å². The molecule has 0 bridgehead atoms. The molecule has 3 N–H and O–H groups in total. The van der Waals surface area contributed by atoms with E-state index in [1.165, 1.54) is 25.7 Å². The number of guanidine groups is 1. The van der Waals surface area contributed by atoms with Gasteiger partial charge in [-0.05, 0) is 26.7 Å². The van der Waals surface area contributed by atoms with Crippen LogP contribution in [0.5, 0.6) is 0 Å². The zero-order valence-electron chi connectivity index (χ0n) is 9.45. The van der Waals surface area contributed by atoms with E-state index in [2.05, 4.69) is 29.2 Å². The minimum absolute atomic E-state index is 0.422. The molecule has 0 amide bonds. The maximum atomic E-state index is 5.47. The Kier molecular flexibility index (Phi) is 4.20. The highest BCUT2D eigenvalue weighted by Gasteiger charge is 2.16. The minimum atomic E-state index is 0.422. The van der Waals surface area contributed by atoms with Crippen molar-refractivity contribution in [2.24, 2.45) is 10.8 Å². The normalized spacial score (nSPS) is 19.1. The van der Waals surface area contributed by atoms with Crippen LogP contribution >= 0.6 is 0 Å². The van der Waals surface area contributed by atoms with E-state index in [0.29, 0.717) is 12.1 Å². The number of hydrazine groups is 1. The van der Waals surface area contributed by atoms with E-state index in [-0.39, 0.29) is 0 Å². The first kappa shape index (κ1) is 11.3. The second-order valence-electron chi connectivity index (χ2n) is 4.24. The molecule has 0 aromatic heterocycles. The van der Waals surface area contributed by atoms with Crippen LogP contribution in [0.1, 0.15) is 39.5 Å². The van der Waals surface area contributed by atoms with E-state index in [4.69, 9.17) is 5.84 Å². The molecule has 0 unspecified atom stereocenters. The Balaban J connectivity index is 2.59. The van der Waals surface area contributed by atoms with Crippen molar-refractivity contribution in [2.45, 2.75) is 51.6 Å². The molecule has 0 spiro atoms. The van der Waals surface area contributed by atoms with Crippen LogP contribution < -0.4 is 11.3 Å². The van der Waals surface area contributed by atoms with Gasteiger partial charge in [-0.25, -0.2) is 10.8 Å². The molecule has 1 rings (SSSR count). The van der Waals surface area contributed by atoms with Gasteiger partial charge >= 0.3 is 0 Å². The van der Waals surface area contributed by atoms with E-state index >= 15 is 0 Å². The maximum Gasteiger partial charge on any atom is 0.208 e. The Morgan fingerprint density at radius 1 is 1.43 bits per heavy atom. The van der Waals surface area contributed by atoms with E-state index in [0.717, 1.165) is 5.96 Å². The zero-order valence-corrected chi connectivity index (χ0v) is 9.45.